The van der Waals surface area contributed by atoms with Crippen molar-refractivity contribution in [2.24, 2.45) is 17.8 Å². The van der Waals surface area contributed by atoms with E-state index in [1.807, 2.05) is 0 Å². The molecule has 2 N–H and O–H groups in total. The first-order chi connectivity index (χ1) is 8.19. The van der Waals surface area contributed by atoms with Crippen LogP contribution in [0, 0.1) is 17.8 Å². The molecule has 0 radical (unpaired) electrons. The van der Waals surface area contributed by atoms with Crippen molar-refractivity contribution in [2.45, 2.75) is 58.0 Å². The lowest BCUT2D eigenvalue weighted by Gasteiger charge is -2.32. The molecule has 2 atom stereocenters. The molecule has 2 rings (SSSR count). The lowest BCUT2D eigenvalue weighted by atomic mass is 9.79. The highest BCUT2D eigenvalue weighted by Crippen LogP contribution is 2.30. The predicted molar refractivity (Wildman–Crippen MR) is 71.8 cm³/mol. The fourth-order valence-electron chi connectivity index (χ4n) is 3.29. The lowest BCUT2D eigenvalue weighted by Crippen LogP contribution is -2.39. The van der Waals surface area contributed by atoms with Crippen LogP contribution in [-0.4, -0.2) is 23.8 Å². The van der Waals surface area contributed by atoms with Crippen molar-refractivity contribution < 1.29 is 5.11 Å². The maximum atomic E-state index is 9.11. The second kappa shape index (κ2) is 6.01. The first-order valence-electron chi connectivity index (χ1n) is 7.24. The molecule has 2 nitrogen and oxygen atoms in total. The van der Waals surface area contributed by atoms with E-state index in [1.54, 1.807) is 0 Å². The summed E-state index contributed by atoms with van der Waals surface area (Å²) in [6, 6.07) is 1.21. The van der Waals surface area contributed by atoms with Crippen LogP contribution >= 0.6 is 0 Å². The zero-order chi connectivity index (χ0) is 12.3. The minimum atomic E-state index is 0.300. The van der Waals surface area contributed by atoms with Crippen molar-refractivity contribution in [1.29, 1.82) is 0 Å². The van der Waals surface area contributed by atoms with Gasteiger partial charge in [-0.25, -0.2) is 0 Å². The average molecular weight is 237 g/mol. The van der Waals surface area contributed by atoms with Crippen LogP contribution in [0.3, 0.4) is 0 Å². The van der Waals surface area contributed by atoms with Gasteiger partial charge in [-0.2, -0.15) is 0 Å². The SMILES string of the molecule is CC(C)C1CCC(N[C@@H]2C=C[C@H](CO)C2)CC1. The Morgan fingerprint density at radius 3 is 2.41 bits per heavy atom. The summed E-state index contributed by atoms with van der Waals surface area (Å²) in [5.41, 5.74) is 0. The van der Waals surface area contributed by atoms with Gasteiger partial charge in [0.05, 0.1) is 0 Å². The van der Waals surface area contributed by atoms with Crippen molar-refractivity contribution >= 4 is 0 Å². The fourth-order valence-corrected chi connectivity index (χ4v) is 3.29. The van der Waals surface area contributed by atoms with Gasteiger partial charge < -0.3 is 10.4 Å². The van der Waals surface area contributed by atoms with Crippen molar-refractivity contribution in [1.82, 2.24) is 5.32 Å². The maximum absolute atomic E-state index is 9.11. The van der Waals surface area contributed by atoms with Gasteiger partial charge >= 0.3 is 0 Å². The summed E-state index contributed by atoms with van der Waals surface area (Å²) in [5, 5.41) is 12.9. The van der Waals surface area contributed by atoms with E-state index in [1.165, 1.54) is 25.7 Å². The molecule has 0 heterocycles. The summed E-state index contributed by atoms with van der Waals surface area (Å²) in [5.74, 6) is 2.18. The first-order valence-corrected chi connectivity index (χ1v) is 7.24. The van der Waals surface area contributed by atoms with Gasteiger partial charge in [-0.3, -0.25) is 0 Å². The zero-order valence-electron chi connectivity index (χ0n) is 11.2. The standard InChI is InChI=1S/C15H27NO/c1-11(2)13-4-7-14(8-5-13)16-15-6-3-12(9-15)10-17/h3,6,11-17H,4-5,7-10H2,1-2H3/t12-,13?,14?,15+/m0/s1. The van der Waals surface area contributed by atoms with Gasteiger partial charge in [0, 0.05) is 24.6 Å². The van der Waals surface area contributed by atoms with Crippen LogP contribution in [-0.2, 0) is 0 Å². The third-order valence-corrected chi connectivity index (χ3v) is 4.57. The second-order valence-corrected chi connectivity index (χ2v) is 6.19. The van der Waals surface area contributed by atoms with E-state index in [0.29, 0.717) is 24.6 Å². The highest BCUT2D eigenvalue weighted by molar-refractivity contribution is 5.06. The molecular weight excluding hydrogens is 210 g/mol. The van der Waals surface area contributed by atoms with Crippen LogP contribution in [0.25, 0.3) is 0 Å². The summed E-state index contributed by atoms with van der Waals surface area (Å²) in [7, 11) is 0. The summed E-state index contributed by atoms with van der Waals surface area (Å²) < 4.78 is 0. The van der Waals surface area contributed by atoms with Crippen LogP contribution < -0.4 is 5.32 Å². The van der Waals surface area contributed by atoms with Gasteiger partial charge in [-0.15, -0.1) is 0 Å². The minimum absolute atomic E-state index is 0.300. The molecule has 2 aliphatic carbocycles. The smallest absolute Gasteiger partial charge is 0.0494 e. The Labute approximate surface area is 105 Å². The normalized spacial score (nSPS) is 37.9. The van der Waals surface area contributed by atoms with Crippen LogP contribution in [0.1, 0.15) is 46.0 Å². The molecule has 0 amide bonds. The Balaban J connectivity index is 1.70. The number of hydrogen-bond donors (Lipinski definition) is 2. The third-order valence-electron chi connectivity index (χ3n) is 4.57. The average Bonchev–Trinajstić information content (AvgIpc) is 2.77. The first kappa shape index (κ1) is 13.1. The molecule has 0 aliphatic heterocycles. The molecule has 0 bridgehead atoms. The van der Waals surface area contributed by atoms with Crippen LogP contribution in [0.4, 0.5) is 0 Å². The summed E-state index contributed by atoms with van der Waals surface area (Å²) in [4.78, 5) is 0. The zero-order valence-corrected chi connectivity index (χ0v) is 11.2. The van der Waals surface area contributed by atoms with E-state index in [0.717, 1.165) is 18.3 Å². The molecule has 0 saturated heterocycles. The molecule has 0 unspecified atom stereocenters. The Bertz CT molecular complexity index is 254. The largest absolute Gasteiger partial charge is 0.396 e. The van der Waals surface area contributed by atoms with E-state index >= 15 is 0 Å². The topological polar surface area (TPSA) is 32.3 Å². The van der Waals surface area contributed by atoms with Crippen LogP contribution in [0.5, 0.6) is 0 Å². The minimum Gasteiger partial charge on any atom is -0.396 e. The van der Waals surface area contributed by atoms with Gasteiger partial charge in [0.15, 0.2) is 0 Å². The van der Waals surface area contributed by atoms with Crippen molar-refractivity contribution in [2.75, 3.05) is 6.61 Å². The molecule has 1 fully saturated rings. The van der Waals surface area contributed by atoms with Gasteiger partial charge in [-0.1, -0.05) is 26.0 Å². The summed E-state index contributed by atoms with van der Waals surface area (Å²) in [6.07, 6.45) is 10.9. The van der Waals surface area contributed by atoms with E-state index in [9.17, 15) is 0 Å². The Hall–Kier alpha value is -0.340. The molecule has 1 saturated carbocycles. The van der Waals surface area contributed by atoms with Crippen molar-refractivity contribution in [3.63, 3.8) is 0 Å². The highest BCUT2D eigenvalue weighted by Gasteiger charge is 2.26. The molecule has 2 heteroatoms. The molecule has 0 aromatic heterocycles. The summed E-state index contributed by atoms with van der Waals surface area (Å²) >= 11 is 0. The van der Waals surface area contributed by atoms with Crippen molar-refractivity contribution in [3.05, 3.63) is 12.2 Å². The highest BCUT2D eigenvalue weighted by atomic mass is 16.3. The predicted octanol–water partition coefficient (Wildman–Crippen LogP) is 2.73. The molecule has 98 valence electrons. The molecular formula is C15H27NO. The van der Waals surface area contributed by atoms with E-state index in [2.05, 4.69) is 31.3 Å². The van der Waals surface area contributed by atoms with E-state index in [-0.39, 0.29) is 0 Å². The fraction of sp³-hybridized carbons (Fsp3) is 0.867. The van der Waals surface area contributed by atoms with E-state index < -0.39 is 0 Å². The Kier molecular flexibility index (Phi) is 4.63. The van der Waals surface area contributed by atoms with Crippen LogP contribution in [0.15, 0.2) is 12.2 Å². The van der Waals surface area contributed by atoms with E-state index in [4.69, 9.17) is 5.11 Å². The number of nitrogens with one attached hydrogen (secondary N) is 1. The van der Waals surface area contributed by atoms with Gasteiger partial charge in [0.2, 0.25) is 0 Å². The molecule has 2 aliphatic rings. The lowest BCUT2D eigenvalue weighted by molar-refractivity contribution is 0.221. The number of hydrogen-bond acceptors (Lipinski definition) is 2. The van der Waals surface area contributed by atoms with Crippen LogP contribution in [0.2, 0.25) is 0 Å². The molecule has 0 spiro atoms. The molecule has 0 aromatic carbocycles. The number of aliphatic hydroxyl groups is 1. The second-order valence-electron chi connectivity index (χ2n) is 6.19. The number of rotatable bonds is 4. The maximum Gasteiger partial charge on any atom is 0.0494 e. The van der Waals surface area contributed by atoms with Gasteiger partial charge in [0.25, 0.3) is 0 Å². The summed E-state index contributed by atoms with van der Waals surface area (Å²) in [6.45, 7) is 5.00. The monoisotopic (exact) mass is 237 g/mol. The molecule has 17 heavy (non-hydrogen) atoms. The molecule has 0 aromatic rings. The third kappa shape index (κ3) is 3.56. The van der Waals surface area contributed by atoms with Gasteiger partial charge in [0.1, 0.15) is 0 Å². The number of aliphatic hydroxyl groups excluding tert-OH is 1. The quantitative estimate of drug-likeness (QED) is 0.737. The Morgan fingerprint density at radius 1 is 1.18 bits per heavy atom. The Morgan fingerprint density at radius 2 is 1.88 bits per heavy atom. The van der Waals surface area contributed by atoms with Crippen molar-refractivity contribution in [3.8, 4) is 0 Å². The van der Waals surface area contributed by atoms with Gasteiger partial charge in [-0.05, 0) is 43.9 Å².